The number of carboxylic acids is 1. The largest absolute Gasteiger partial charge is 0.481 e. The number of nitrogens with zero attached hydrogens (tertiary/aromatic N) is 1. The van der Waals surface area contributed by atoms with Crippen LogP contribution in [0.4, 0.5) is 13.2 Å². The molecule has 1 aliphatic heterocycles. The highest BCUT2D eigenvalue weighted by molar-refractivity contribution is 14.1. The van der Waals surface area contributed by atoms with Crippen molar-refractivity contribution in [3.8, 4) is 11.8 Å². The maximum Gasteiger partial charge on any atom is 0.416 e. The van der Waals surface area contributed by atoms with Gasteiger partial charge in [-0.3, -0.25) is 9.69 Å². The Hall–Kier alpha value is -2.31. The van der Waals surface area contributed by atoms with E-state index in [-0.39, 0.29) is 24.4 Å². The lowest BCUT2D eigenvalue weighted by molar-refractivity contribution is -0.139. The van der Waals surface area contributed by atoms with Gasteiger partial charge in [0.2, 0.25) is 0 Å². The lowest BCUT2D eigenvalue weighted by Gasteiger charge is -2.42. The molecule has 1 fully saturated rings. The van der Waals surface area contributed by atoms with E-state index in [9.17, 15) is 23.1 Å². The van der Waals surface area contributed by atoms with Crippen molar-refractivity contribution in [2.24, 2.45) is 5.92 Å². The van der Waals surface area contributed by atoms with Crippen molar-refractivity contribution >= 4 is 28.6 Å². The second-order valence-electron chi connectivity index (χ2n) is 8.37. The molecule has 2 aromatic carbocycles. The molecule has 2 aromatic rings. The zero-order valence-corrected chi connectivity index (χ0v) is 20.4. The molecule has 174 valence electrons. The summed E-state index contributed by atoms with van der Waals surface area (Å²) in [6.45, 7) is 6.28. The predicted octanol–water partition coefficient (Wildman–Crippen LogP) is 6.86. The van der Waals surface area contributed by atoms with E-state index in [1.54, 1.807) is 0 Å². The highest BCUT2D eigenvalue weighted by atomic mass is 127. The molecule has 0 saturated carbocycles. The van der Waals surface area contributed by atoms with Crippen molar-refractivity contribution in [2.45, 2.75) is 44.4 Å². The molecule has 33 heavy (non-hydrogen) atoms. The van der Waals surface area contributed by atoms with Gasteiger partial charge >= 0.3 is 12.1 Å². The van der Waals surface area contributed by atoms with Gasteiger partial charge in [0, 0.05) is 22.6 Å². The Kier molecular flexibility index (Phi) is 8.24. The maximum atomic E-state index is 13.1. The summed E-state index contributed by atoms with van der Waals surface area (Å²) in [4.78, 5) is 13.5. The number of allylic oxidation sites excluding steroid dienone is 1. The molecular weight excluding hydrogens is 542 g/mol. The number of hydrogen-bond acceptors (Lipinski definition) is 2. The van der Waals surface area contributed by atoms with E-state index < -0.39 is 17.7 Å². The van der Waals surface area contributed by atoms with E-state index in [2.05, 4.69) is 45.9 Å². The molecular formula is C26H25F3INO2. The number of rotatable bonds is 5. The average Bonchev–Trinajstić information content (AvgIpc) is 2.74. The fraction of sp³-hybridized carbons (Fsp3) is 0.346. The van der Waals surface area contributed by atoms with Crippen LogP contribution in [0.25, 0.3) is 0 Å². The van der Waals surface area contributed by atoms with E-state index in [4.69, 9.17) is 0 Å². The van der Waals surface area contributed by atoms with Gasteiger partial charge in [0.15, 0.2) is 0 Å². The number of carboxylic acid groups (broad SMARTS) is 1. The van der Waals surface area contributed by atoms with Crippen LogP contribution in [0.3, 0.4) is 0 Å². The first-order valence-corrected chi connectivity index (χ1v) is 11.7. The van der Waals surface area contributed by atoms with Crippen LogP contribution in [0.1, 0.15) is 55.0 Å². The van der Waals surface area contributed by atoms with Crippen LogP contribution in [0.15, 0.2) is 60.7 Å². The molecule has 0 aromatic heterocycles. The summed E-state index contributed by atoms with van der Waals surface area (Å²) in [5, 5.41) is 9.30. The molecule has 1 saturated heterocycles. The minimum atomic E-state index is -4.41. The summed E-state index contributed by atoms with van der Waals surface area (Å²) in [6.07, 6.45) is -3.16. The van der Waals surface area contributed by atoms with Gasteiger partial charge in [-0.1, -0.05) is 42.7 Å². The Morgan fingerprint density at radius 1 is 1.21 bits per heavy atom. The predicted molar refractivity (Wildman–Crippen MR) is 130 cm³/mol. The molecule has 0 bridgehead atoms. The van der Waals surface area contributed by atoms with Crippen LogP contribution < -0.4 is 0 Å². The Morgan fingerprint density at radius 3 is 2.39 bits per heavy atom. The third-order valence-corrected chi connectivity index (χ3v) is 6.50. The van der Waals surface area contributed by atoms with Crippen LogP contribution in [0, 0.1) is 21.3 Å². The Labute approximate surface area is 205 Å². The Balaban J connectivity index is 2.02. The van der Waals surface area contributed by atoms with Crippen LogP contribution in [0.2, 0.25) is 0 Å². The smallest absolute Gasteiger partial charge is 0.416 e. The van der Waals surface area contributed by atoms with E-state index >= 15 is 0 Å². The van der Waals surface area contributed by atoms with E-state index in [1.165, 1.54) is 12.1 Å². The van der Waals surface area contributed by atoms with Gasteiger partial charge < -0.3 is 5.11 Å². The van der Waals surface area contributed by atoms with E-state index in [0.717, 1.165) is 32.4 Å². The van der Waals surface area contributed by atoms with Gasteiger partial charge in [-0.2, -0.15) is 13.2 Å². The number of hydrogen-bond donors (Lipinski definition) is 1. The lowest BCUT2D eigenvalue weighted by atomic mass is 9.83. The molecule has 0 amide bonds. The average molecular weight is 567 g/mol. The molecule has 1 heterocycles. The Bertz CT molecular complexity index is 1050. The number of benzene rings is 2. The molecule has 3 nitrogen and oxygen atoms in total. The fourth-order valence-corrected chi connectivity index (χ4v) is 4.57. The summed E-state index contributed by atoms with van der Waals surface area (Å²) >= 11 is 2.23. The topological polar surface area (TPSA) is 40.5 Å². The minimum Gasteiger partial charge on any atom is -0.481 e. The first-order chi connectivity index (χ1) is 15.5. The number of likely N-dealkylation sites (tertiary alicyclic amines) is 1. The van der Waals surface area contributed by atoms with Crippen LogP contribution in [-0.2, 0) is 11.0 Å². The first-order valence-electron chi connectivity index (χ1n) is 10.6. The molecule has 0 aliphatic carbocycles. The van der Waals surface area contributed by atoms with Gasteiger partial charge in [0.05, 0.1) is 11.6 Å². The van der Waals surface area contributed by atoms with Crippen LogP contribution in [0.5, 0.6) is 0 Å². The van der Waals surface area contributed by atoms with Gasteiger partial charge in [-0.15, -0.1) is 0 Å². The van der Waals surface area contributed by atoms with Gasteiger partial charge in [0.1, 0.15) is 0 Å². The van der Waals surface area contributed by atoms with Crippen molar-refractivity contribution in [3.63, 3.8) is 0 Å². The number of halogens is 4. The van der Waals surface area contributed by atoms with Crippen molar-refractivity contribution < 1.29 is 23.1 Å². The highest BCUT2D eigenvalue weighted by Gasteiger charge is 2.36. The Morgan fingerprint density at radius 2 is 1.85 bits per heavy atom. The zero-order valence-electron chi connectivity index (χ0n) is 18.2. The normalized spacial score (nSPS) is 19.9. The molecule has 3 atom stereocenters. The third-order valence-electron chi connectivity index (χ3n) is 5.78. The van der Waals surface area contributed by atoms with Crippen molar-refractivity contribution in [1.82, 2.24) is 4.90 Å². The third kappa shape index (κ3) is 6.84. The van der Waals surface area contributed by atoms with Gasteiger partial charge in [0.25, 0.3) is 0 Å². The van der Waals surface area contributed by atoms with Gasteiger partial charge in [-0.05, 0) is 89.2 Å². The summed E-state index contributed by atoms with van der Waals surface area (Å²) in [7, 11) is 0. The number of carbonyl (C=O) groups is 1. The lowest BCUT2D eigenvalue weighted by Crippen LogP contribution is -2.39. The molecule has 3 rings (SSSR count). The van der Waals surface area contributed by atoms with E-state index in [1.807, 2.05) is 31.2 Å². The molecule has 0 radical (unpaired) electrons. The summed E-state index contributed by atoms with van der Waals surface area (Å²) in [5.74, 6) is 5.44. The number of alkyl halides is 3. The van der Waals surface area contributed by atoms with Gasteiger partial charge in [-0.25, -0.2) is 0 Å². The van der Waals surface area contributed by atoms with Crippen molar-refractivity contribution in [1.29, 1.82) is 0 Å². The number of piperidine rings is 1. The SMILES string of the molecule is C=C(C)C#C[C@H](c1ccc(I)cc1)N1CC[C@@H](CC(=O)O)CC1c1ccc(C(F)(F)F)cc1. The highest BCUT2D eigenvalue weighted by Crippen LogP contribution is 2.41. The summed E-state index contributed by atoms with van der Waals surface area (Å²) in [6, 6.07) is 12.6. The molecule has 1 N–H and O–H groups in total. The maximum absolute atomic E-state index is 13.1. The quantitative estimate of drug-likeness (QED) is 0.317. The van der Waals surface area contributed by atoms with E-state index in [0.29, 0.717) is 19.4 Å². The standard InChI is InChI=1S/C26H25F3INO2/c1-17(2)3-12-23(19-6-10-22(30)11-7-19)31-14-13-18(16-25(32)33)15-24(31)20-4-8-21(9-5-20)26(27,28)29/h4-11,18,23-24H,1,13-16H2,2H3,(H,32,33)/t18-,23-,24?/m1/s1. The molecule has 7 heteroatoms. The fourth-order valence-electron chi connectivity index (χ4n) is 4.21. The second-order valence-corrected chi connectivity index (χ2v) is 9.61. The number of aliphatic carboxylic acids is 1. The first kappa shape index (κ1) is 25.3. The summed E-state index contributed by atoms with van der Waals surface area (Å²) < 4.78 is 40.4. The second kappa shape index (κ2) is 10.7. The molecule has 1 aliphatic rings. The minimum absolute atomic E-state index is 0.0383. The monoisotopic (exact) mass is 567 g/mol. The van der Waals surface area contributed by atoms with Crippen molar-refractivity contribution in [2.75, 3.05) is 6.54 Å². The molecule has 0 spiro atoms. The molecule has 1 unspecified atom stereocenters. The summed E-state index contributed by atoms with van der Waals surface area (Å²) in [5.41, 5.74) is 1.73. The zero-order chi connectivity index (χ0) is 24.2. The van der Waals surface area contributed by atoms with Crippen LogP contribution in [-0.4, -0.2) is 22.5 Å². The van der Waals surface area contributed by atoms with Crippen LogP contribution >= 0.6 is 22.6 Å². The van der Waals surface area contributed by atoms with Crippen molar-refractivity contribution in [3.05, 3.63) is 80.9 Å².